The first-order valence-electron chi connectivity index (χ1n) is 9.66. The Bertz CT molecular complexity index is 869. The molecule has 0 bridgehead atoms. The van der Waals surface area contributed by atoms with Crippen LogP contribution in [0.2, 0.25) is 0 Å². The first-order chi connectivity index (χ1) is 13.2. The topological polar surface area (TPSA) is 37.3 Å². The number of para-hydroxylation sites is 1. The molecule has 3 heterocycles. The second-order valence-corrected chi connectivity index (χ2v) is 7.73. The number of rotatable bonds is 2. The van der Waals surface area contributed by atoms with E-state index in [1.165, 1.54) is 5.56 Å². The zero-order chi connectivity index (χ0) is 18.4. The summed E-state index contributed by atoms with van der Waals surface area (Å²) < 4.78 is 11.9. The Kier molecular flexibility index (Phi) is 3.86. The van der Waals surface area contributed by atoms with Gasteiger partial charge in [0.15, 0.2) is 0 Å². The fourth-order valence-corrected chi connectivity index (χ4v) is 4.49. The lowest BCUT2D eigenvalue weighted by atomic mass is 9.91. The van der Waals surface area contributed by atoms with Crippen LogP contribution in [0.15, 0.2) is 53.6 Å². The first kappa shape index (κ1) is 16.6. The van der Waals surface area contributed by atoms with E-state index >= 15 is 0 Å². The van der Waals surface area contributed by atoms with E-state index in [2.05, 4.69) is 53.4 Å². The predicted octanol–water partition coefficient (Wildman–Crippen LogP) is 3.66. The number of benzene rings is 2. The van der Waals surface area contributed by atoms with Crippen LogP contribution in [0.25, 0.3) is 0 Å². The van der Waals surface area contributed by atoms with Crippen molar-refractivity contribution in [2.45, 2.75) is 31.0 Å². The molecular formula is C22H25N3O2. The van der Waals surface area contributed by atoms with Crippen LogP contribution in [0.1, 0.15) is 36.4 Å². The van der Waals surface area contributed by atoms with Crippen molar-refractivity contribution in [3.8, 4) is 11.5 Å². The lowest BCUT2D eigenvalue weighted by molar-refractivity contribution is -0.147. The summed E-state index contributed by atoms with van der Waals surface area (Å²) in [5.41, 5.74) is 3.20. The van der Waals surface area contributed by atoms with Crippen molar-refractivity contribution in [3.63, 3.8) is 0 Å². The minimum atomic E-state index is -0.334. The van der Waals surface area contributed by atoms with Gasteiger partial charge >= 0.3 is 0 Å². The number of nitrogens with zero attached hydrogens (tertiary/aromatic N) is 3. The maximum absolute atomic E-state index is 6.62. The van der Waals surface area contributed by atoms with Crippen LogP contribution < -0.4 is 9.47 Å². The smallest absolute Gasteiger partial charge is 0.200 e. The summed E-state index contributed by atoms with van der Waals surface area (Å²) in [5.74, 6) is 1.89. The normalized spacial score (nSPS) is 23.4. The number of ether oxygens (including phenoxy) is 2. The summed E-state index contributed by atoms with van der Waals surface area (Å²) in [5, 5.41) is 7.37. The minimum Gasteiger partial charge on any atom is -0.497 e. The van der Waals surface area contributed by atoms with Crippen molar-refractivity contribution in [2.24, 2.45) is 5.10 Å². The van der Waals surface area contributed by atoms with Gasteiger partial charge in [-0.3, -0.25) is 0 Å². The Labute approximate surface area is 160 Å². The van der Waals surface area contributed by atoms with Gasteiger partial charge < -0.3 is 14.4 Å². The van der Waals surface area contributed by atoms with E-state index in [0.29, 0.717) is 0 Å². The molecule has 0 aliphatic carbocycles. The fourth-order valence-electron chi connectivity index (χ4n) is 4.49. The Morgan fingerprint density at radius 3 is 2.56 bits per heavy atom. The Balaban J connectivity index is 1.54. The van der Waals surface area contributed by atoms with E-state index < -0.39 is 0 Å². The molecule has 3 aliphatic rings. The number of hydrogen-bond acceptors (Lipinski definition) is 5. The molecule has 0 unspecified atom stereocenters. The van der Waals surface area contributed by atoms with Gasteiger partial charge in [0.1, 0.15) is 11.5 Å². The zero-order valence-electron chi connectivity index (χ0n) is 15.9. The van der Waals surface area contributed by atoms with Crippen molar-refractivity contribution in [3.05, 3.63) is 59.7 Å². The highest BCUT2D eigenvalue weighted by Crippen LogP contribution is 2.49. The molecule has 1 spiro atoms. The molecule has 3 aliphatic heterocycles. The highest BCUT2D eigenvalue weighted by atomic mass is 16.5. The fraction of sp³-hybridized carbons (Fsp3) is 0.409. The molecule has 2 aromatic rings. The number of methoxy groups -OCH3 is 1. The van der Waals surface area contributed by atoms with Crippen molar-refractivity contribution < 1.29 is 9.47 Å². The third kappa shape index (κ3) is 2.69. The van der Waals surface area contributed by atoms with Gasteiger partial charge in [0.25, 0.3) is 0 Å². The Morgan fingerprint density at radius 2 is 1.81 bits per heavy atom. The lowest BCUT2D eigenvalue weighted by Gasteiger charge is -2.50. The van der Waals surface area contributed by atoms with Gasteiger partial charge in [0.2, 0.25) is 5.72 Å². The molecule has 1 atom stereocenters. The molecule has 0 N–H and O–H groups in total. The van der Waals surface area contributed by atoms with Crippen LogP contribution in [-0.2, 0) is 0 Å². The number of hydrogen-bond donors (Lipinski definition) is 0. The average Bonchev–Trinajstić information content (AvgIpc) is 3.17. The number of piperidine rings is 1. The number of hydrazone groups is 1. The molecule has 1 saturated heterocycles. The zero-order valence-corrected chi connectivity index (χ0v) is 15.9. The van der Waals surface area contributed by atoms with Crippen molar-refractivity contribution >= 4 is 5.71 Å². The van der Waals surface area contributed by atoms with Gasteiger partial charge in [-0.05, 0) is 42.9 Å². The summed E-state index contributed by atoms with van der Waals surface area (Å²) in [6.45, 7) is 2.05. The number of likely N-dealkylation sites (tertiary alicyclic amines) is 1. The molecule has 2 aromatic carbocycles. The molecular weight excluding hydrogens is 338 g/mol. The van der Waals surface area contributed by atoms with E-state index in [9.17, 15) is 0 Å². The quantitative estimate of drug-likeness (QED) is 0.816. The first-order valence-corrected chi connectivity index (χ1v) is 9.66. The molecule has 1 fully saturated rings. The second-order valence-electron chi connectivity index (χ2n) is 7.73. The highest BCUT2D eigenvalue weighted by molar-refractivity contribution is 6.02. The SMILES string of the molecule is COc1ccc(C2=NN3[C@H](C2)c2ccccc2OC32CCN(C)CC2)cc1. The molecule has 0 aromatic heterocycles. The van der Waals surface area contributed by atoms with Crippen LogP contribution >= 0.6 is 0 Å². The summed E-state index contributed by atoms with van der Waals surface area (Å²) in [4.78, 5) is 2.37. The summed E-state index contributed by atoms with van der Waals surface area (Å²) in [6, 6.07) is 16.9. The van der Waals surface area contributed by atoms with Crippen molar-refractivity contribution in [1.29, 1.82) is 0 Å². The molecule has 5 heteroatoms. The van der Waals surface area contributed by atoms with E-state index in [-0.39, 0.29) is 11.8 Å². The summed E-state index contributed by atoms with van der Waals surface area (Å²) >= 11 is 0. The molecule has 140 valence electrons. The standard InChI is InChI=1S/C22H25N3O2/c1-24-13-11-22(12-14-24)25-20(18-5-3-4-6-21(18)27-22)15-19(23-25)16-7-9-17(26-2)10-8-16/h3-10,20H,11-15H2,1-2H3/t20-/m1/s1. The van der Waals surface area contributed by atoms with E-state index in [1.807, 2.05) is 12.1 Å². The van der Waals surface area contributed by atoms with Crippen molar-refractivity contribution in [1.82, 2.24) is 9.91 Å². The molecule has 5 nitrogen and oxygen atoms in total. The van der Waals surface area contributed by atoms with Crippen molar-refractivity contribution in [2.75, 3.05) is 27.2 Å². The van der Waals surface area contributed by atoms with Crippen LogP contribution in [0.4, 0.5) is 0 Å². The Morgan fingerprint density at radius 1 is 1.07 bits per heavy atom. The van der Waals surface area contributed by atoms with Gasteiger partial charge in [-0.25, -0.2) is 5.01 Å². The summed E-state index contributed by atoms with van der Waals surface area (Å²) in [6.07, 6.45) is 2.84. The maximum atomic E-state index is 6.62. The molecule has 0 saturated carbocycles. The summed E-state index contributed by atoms with van der Waals surface area (Å²) in [7, 11) is 3.87. The molecule has 27 heavy (non-hydrogen) atoms. The molecule has 0 radical (unpaired) electrons. The minimum absolute atomic E-state index is 0.246. The third-order valence-corrected chi connectivity index (χ3v) is 6.10. The second kappa shape index (κ2) is 6.27. The van der Waals surface area contributed by atoms with E-state index in [0.717, 1.165) is 55.1 Å². The number of fused-ring (bicyclic) bond motifs is 4. The predicted molar refractivity (Wildman–Crippen MR) is 105 cm³/mol. The molecule has 5 rings (SSSR count). The van der Waals surface area contributed by atoms with Gasteiger partial charge in [0.05, 0.1) is 18.9 Å². The van der Waals surface area contributed by atoms with Gasteiger partial charge in [-0.1, -0.05) is 18.2 Å². The maximum Gasteiger partial charge on any atom is 0.200 e. The van der Waals surface area contributed by atoms with Gasteiger partial charge in [-0.2, -0.15) is 5.10 Å². The van der Waals surface area contributed by atoms with Gasteiger partial charge in [-0.15, -0.1) is 0 Å². The van der Waals surface area contributed by atoms with Crippen LogP contribution in [0.5, 0.6) is 11.5 Å². The monoisotopic (exact) mass is 363 g/mol. The van der Waals surface area contributed by atoms with Crippen LogP contribution in [0.3, 0.4) is 0 Å². The third-order valence-electron chi connectivity index (χ3n) is 6.10. The van der Waals surface area contributed by atoms with E-state index in [1.54, 1.807) is 7.11 Å². The van der Waals surface area contributed by atoms with Crippen LogP contribution in [0, 0.1) is 0 Å². The van der Waals surface area contributed by atoms with Gasteiger partial charge in [0, 0.05) is 37.9 Å². The lowest BCUT2D eigenvalue weighted by Crippen LogP contribution is -2.58. The van der Waals surface area contributed by atoms with Crippen LogP contribution in [-0.4, -0.2) is 48.6 Å². The Hall–Kier alpha value is -2.53. The molecule has 0 amide bonds. The average molecular weight is 363 g/mol. The largest absolute Gasteiger partial charge is 0.497 e. The van der Waals surface area contributed by atoms with E-state index in [4.69, 9.17) is 14.6 Å². The highest BCUT2D eigenvalue weighted by Gasteiger charge is 2.51.